The lowest BCUT2D eigenvalue weighted by Crippen LogP contribution is -2.59. The lowest BCUT2D eigenvalue weighted by Gasteiger charge is -2.23. The molecular weight excluding hydrogens is 476 g/mol. The minimum Gasteiger partial charge on any atom is -0.480 e. The summed E-state index contributed by atoms with van der Waals surface area (Å²) < 4.78 is 0. The molecule has 0 fully saturated rings. The predicted molar refractivity (Wildman–Crippen MR) is 112 cm³/mol. The summed E-state index contributed by atoms with van der Waals surface area (Å²) in [5.74, 6) is -16.1. The van der Waals surface area contributed by atoms with Crippen LogP contribution >= 0.6 is 0 Å². The number of anilines is 2. The van der Waals surface area contributed by atoms with E-state index in [0.717, 1.165) is 31.3 Å². The number of carboxylic acid groups (broad SMARTS) is 4. The first-order chi connectivity index (χ1) is 16.2. The summed E-state index contributed by atoms with van der Waals surface area (Å²) in [5.41, 5.74) is -7.93. The van der Waals surface area contributed by atoms with Gasteiger partial charge < -0.3 is 41.7 Å². The number of benzene rings is 1. The second kappa shape index (κ2) is 10.7. The topological polar surface area (TPSA) is 266 Å². The summed E-state index contributed by atoms with van der Waals surface area (Å²) in [6.45, 7) is 1.15. The maximum absolute atomic E-state index is 12.6. The van der Waals surface area contributed by atoms with E-state index in [1.807, 2.05) is 16.0 Å². The minimum atomic E-state index is -3.59. The smallest absolute Gasteiger partial charge is 0.340 e. The van der Waals surface area contributed by atoms with Crippen molar-refractivity contribution in [1.29, 1.82) is 0 Å². The Morgan fingerprint density at radius 3 is 1.37 bits per heavy atom. The fourth-order valence-corrected chi connectivity index (χ4v) is 2.77. The number of hydrogen-bond acceptors (Lipinski definition) is 8. The fraction of sp³-hybridized carbons (Fsp3) is 0.263. The van der Waals surface area contributed by atoms with Gasteiger partial charge in [0.15, 0.2) is 0 Å². The number of carboxylic acids is 4. The number of carbonyl (C=O) groups is 8. The highest BCUT2D eigenvalue weighted by atomic mass is 16.4. The van der Waals surface area contributed by atoms with Gasteiger partial charge in [0.1, 0.15) is 0 Å². The third kappa shape index (κ3) is 4.85. The maximum Gasteiger partial charge on any atom is 0.340 e. The molecule has 0 radical (unpaired) electrons. The molecule has 0 aliphatic rings. The highest BCUT2D eigenvalue weighted by Gasteiger charge is 2.61. The monoisotopic (exact) mass is 496 g/mol. The number of rotatable bonds is 11. The molecule has 0 unspecified atom stereocenters. The van der Waals surface area contributed by atoms with Crippen LogP contribution in [-0.4, -0.2) is 81.5 Å². The molecule has 4 amide bonds. The first kappa shape index (κ1) is 28.0. The van der Waals surface area contributed by atoms with Crippen molar-refractivity contribution in [2.24, 2.45) is 10.8 Å². The molecule has 1 rings (SSSR count). The zero-order valence-corrected chi connectivity index (χ0v) is 18.1. The van der Waals surface area contributed by atoms with Gasteiger partial charge in [0, 0.05) is 25.0 Å². The molecule has 8 N–H and O–H groups in total. The molecule has 0 aliphatic heterocycles. The molecule has 0 saturated carbocycles. The predicted octanol–water partition coefficient (Wildman–Crippen LogP) is -2.24. The van der Waals surface area contributed by atoms with Crippen molar-refractivity contribution in [1.82, 2.24) is 10.6 Å². The molecule has 16 nitrogen and oxygen atoms in total. The summed E-state index contributed by atoms with van der Waals surface area (Å²) >= 11 is 0. The molecule has 0 aliphatic carbocycles. The molecule has 0 bridgehead atoms. The largest absolute Gasteiger partial charge is 0.480 e. The molecular formula is C19H20N4O12. The molecule has 1 aromatic carbocycles. The molecule has 0 heterocycles. The van der Waals surface area contributed by atoms with E-state index in [-0.39, 0.29) is 17.9 Å². The van der Waals surface area contributed by atoms with Gasteiger partial charge in [-0.05, 0) is 25.1 Å². The Labute approximate surface area is 195 Å². The minimum absolute atomic E-state index is 0.198. The van der Waals surface area contributed by atoms with E-state index in [2.05, 4.69) is 0 Å². The summed E-state index contributed by atoms with van der Waals surface area (Å²) in [7, 11) is 0.901. The molecule has 1 aromatic rings. The third-order valence-corrected chi connectivity index (χ3v) is 4.59. The summed E-state index contributed by atoms with van der Waals surface area (Å²) in [5, 5.41) is 44.8. The lowest BCUT2D eigenvalue weighted by molar-refractivity contribution is -0.174. The summed E-state index contributed by atoms with van der Waals surface area (Å²) in [4.78, 5) is 95.7. The van der Waals surface area contributed by atoms with Crippen LogP contribution in [0.15, 0.2) is 24.3 Å². The molecule has 0 atom stereocenters. The van der Waals surface area contributed by atoms with E-state index in [1.165, 1.54) is 6.92 Å². The molecule has 0 aromatic heterocycles. The van der Waals surface area contributed by atoms with Crippen molar-refractivity contribution >= 4 is 58.9 Å². The Morgan fingerprint density at radius 1 is 0.686 bits per heavy atom. The Kier molecular flexibility index (Phi) is 8.59. The third-order valence-electron chi connectivity index (χ3n) is 4.59. The van der Waals surface area contributed by atoms with Crippen LogP contribution in [0.4, 0.5) is 11.4 Å². The van der Waals surface area contributed by atoms with E-state index in [0.29, 0.717) is 0 Å². The van der Waals surface area contributed by atoms with Crippen LogP contribution in [0.25, 0.3) is 0 Å². The number of amides is 4. The molecule has 35 heavy (non-hydrogen) atoms. The first-order valence-electron chi connectivity index (χ1n) is 9.41. The highest BCUT2D eigenvalue weighted by molar-refractivity contribution is 6.37. The van der Waals surface area contributed by atoms with Crippen LogP contribution in [-0.2, 0) is 38.4 Å². The summed E-state index contributed by atoms with van der Waals surface area (Å²) in [6, 6.07) is 4.14. The van der Waals surface area contributed by atoms with Gasteiger partial charge in [0.25, 0.3) is 23.6 Å². The van der Waals surface area contributed by atoms with Gasteiger partial charge in [-0.3, -0.25) is 19.2 Å². The molecule has 0 saturated heterocycles. The average Bonchev–Trinajstić information content (AvgIpc) is 2.73. The van der Waals surface area contributed by atoms with Gasteiger partial charge in [-0.25, -0.2) is 19.2 Å². The molecule has 188 valence electrons. The zero-order chi connectivity index (χ0) is 27.1. The number of aliphatic carboxylic acids is 4. The number of hydrogen-bond donors (Lipinski definition) is 8. The van der Waals surface area contributed by atoms with Crippen LogP contribution in [0.1, 0.15) is 6.92 Å². The Morgan fingerprint density at radius 2 is 1.06 bits per heavy atom. The Hall–Kier alpha value is -5.02. The second-order valence-corrected chi connectivity index (χ2v) is 6.65. The van der Waals surface area contributed by atoms with Crippen molar-refractivity contribution < 1.29 is 58.8 Å². The first-order valence-corrected chi connectivity index (χ1v) is 9.41. The van der Waals surface area contributed by atoms with E-state index < -0.39 is 58.3 Å². The van der Waals surface area contributed by atoms with Gasteiger partial charge in [0.2, 0.25) is 0 Å². The second-order valence-electron chi connectivity index (χ2n) is 6.65. The van der Waals surface area contributed by atoms with Crippen molar-refractivity contribution in [3.8, 4) is 0 Å². The van der Waals surface area contributed by atoms with Crippen molar-refractivity contribution in [2.75, 3.05) is 24.2 Å². The van der Waals surface area contributed by atoms with Crippen molar-refractivity contribution in [3.63, 3.8) is 0 Å². The van der Waals surface area contributed by atoms with Gasteiger partial charge in [-0.2, -0.15) is 0 Å². The molecule has 0 spiro atoms. The van der Waals surface area contributed by atoms with Crippen LogP contribution in [0, 0.1) is 10.8 Å². The lowest BCUT2D eigenvalue weighted by atomic mass is 9.85. The van der Waals surface area contributed by atoms with Crippen LogP contribution in [0.5, 0.6) is 0 Å². The van der Waals surface area contributed by atoms with E-state index in [1.54, 1.807) is 5.32 Å². The normalized spacial score (nSPS) is 10.9. The van der Waals surface area contributed by atoms with Crippen LogP contribution in [0.3, 0.4) is 0 Å². The van der Waals surface area contributed by atoms with Crippen molar-refractivity contribution in [2.45, 2.75) is 6.92 Å². The summed E-state index contributed by atoms with van der Waals surface area (Å²) in [6.07, 6.45) is 0. The number of carbonyl (C=O) groups excluding carboxylic acids is 4. The standard InChI is InChI=1S/C19H20N4O12/c1-3-21-11(25)19(16(32)33,17(34)35)13(27)23-9-6-4-5-8(7-9)22-12(26)18(14(28)29,15(30)31)10(24)20-2/h4-7H,3H2,1-2H3,(H,20,24)(H,21,25)(H,22,26)(H,23,27)(H,28,29)(H,30,31)(H,32,33)(H,34,35). The highest BCUT2D eigenvalue weighted by Crippen LogP contribution is 2.26. The Bertz CT molecular complexity index is 1080. The van der Waals surface area contributed by atoms with E-state index in [4.69, 9.17) is 0 Å². The fourth-order valence-electron chi connectivity index (χ4n) is 2.77. The quantitative estimate of drug-likeness (QED) is 0.151. The average molecular weight is 496 g/mol. The Balaban J connectivity index is 3.39. The zero-order valence-electron chi connectivity index (χ0n) is 18.1. The van der Waals surface area contributed by atoms with Crippen molar-refractivity contribution in [3.05, 3.63) is 24.3 Å². The SMILES string of the molecule is CCNC(=O)C(C(=O)O)(C(=O)O)C(=O)Nc1cccc(NC(=O)C(C(=O)O)(C(=O)O)C(=O)NC)c1. The maximum atomic E-state index is 12.6. The van der Waals surface area contributed by atoms with E-state index in [9.17, 15) is 58.8 Å². The van der Waals surface area contributed by atoms with Gasteiger partial charge in [0.05, 0.1) is 0 Å². The van der Waals surface area contributed by atoms with E-state index >= 15 is 0 Å². The number of nitrogens with one attached hydrogen (secondary N) is 4. The van der Waals surface area contributed by atoms with Gasteiger partial charge in [-0.1, -0.05) is 6.07 Å². The van der Waals surface area contributed by atoms with Crippen LogP contribution in [0.2, 0.25) is 0 Å². The van der Waals surface area contributed by atoms with Gasteiger partial charge >= 0.3 is 34.7 Å². The van der Waals surface area contributed by atoms with Gasteiger partial charge in [-0.15, -0.1) is 0 Å². The molecule has 16 heteroatoms. The van der Waals surface area contributed by atoms with Crippen LogP contribution < -0.4 is 21.3 Å².